The van der Waals surface area contributed by atoms with Crippen molar-refractivity contribution >= 4 is 11.9 Å². The number of quaternary nitrogens is 1. The van der Waals surface area contributed by atoms with Gasteiger partial charge in [0, 0.05) is 0 Å². The number of rotatable bonds is 0. The first-order chi connectivity index (χ1) is 2.64. The summed E-state index contributed by atoms with van der Waals surface area (Å²) in [6.07, 6.45) is 0. The maximum absolute atomic E-state index is 8.93. The molecule has 0 aromatic carbocycles. The summed E-state index contributed by atoms with van der Waals surface area (Å²) in [5.41, 5.74) is 0. The minimum Gasteiger partial charge on any atom is -2.00 e. The van der Waals surface area contributed by atoms with E-state index in [0.29, 0.717) is 0 Å². The Balaban J connectivity index is -0.0000000417. The van der Waals surface area contributed by atoms with Gasteiger partial charge in [0.05, 0.1) is 11.9 Å². The molecule has 0 saturated carbocycles. The van der Waals surface area contributed by atoms with E-state index >= 15 is 0 Å². The minimum atomic E-state index is -2.19. The number of carbonyl (C=O) groups excluding carboxylic acids is 2. The van der Waals surface area contributed by atoms with Gasteiger partial charge in [-0.3, -0.25) is 0 Å². The van der Waals surface area contributed by atoms with Crippen LogP contribution >= 0.6 is 0 Å². The SMILES string of the molecule is O=C([O-])C(=O)[O-].[NH4+].[O-2].[Ti+3]. The summed E-state index contributed by atoms with van der Waals surface area (Å²) in [5, 5.41) is 17.9. The summed E-state index contributed by atoms with van der Waals surface area (Å²) in [6, 6.07) is 0. The summed E-state index contributed by atoms with van der Waals surface area (Å²) in [4.78, 5) is 17.9. The first-order valence-electron chi connectivity index (χ1n) is 1.07. The topological polar surface area (TPSA) is 145 Å². The third-order valence-corrected chi connectivity index (χ3v) is 0.167. The number of aliphatic carboxylic acids is 2. The predicted molar refractivity (Wildman–Crippen MR) is 16.7 cm³/mol. The van der Waals surface area contributed by atoms with E-state index in [9.17, 15) is 0 Å². The number of hydrogen-bond donors (Lipinski definition) is 1. The van der Waals surface area contributed by atoms with E-state index in [4.69, 9.17) is 19.8 Å². The molecule has 0 aliphatic heterocycles. The van der Waals surface area contributed by atoms with Gasteiger partial charge in [-0.2, -0.15) is 0 Å². The molecule has 0 spiro atoms. The molecule has 51 valence electrons. The van der Waals surface area contributed by atoms with Gasteiger partial charge in [0.25, 0.3) is 0 Å². The Morgan fingerprint density at radius 1 is 1.00 bits per heavy atom. The molecule has 0 aromatic heterocycles. The van der Waals surface area contributed by atoms with Crippen LogP contribution in [0.2, 0.25) is 0 Å². The Morgan fingerprint density at radius 2 is 1.11 bits per heavy atom. The Morgan fingerprint density at radius 3 is 1.11 bits per heavy atom. The minimum absolute atomic E-state index is 0. The second-order valence-corrected chi connectivity index (χ2v) is 0.575. The van der Waals surface area contributed by atoms with Crippen molar-refractivity contribution in [2.24, 2.45) is 0 Å². The molecule has 0 bridgehead atoms. The van der Waals surface area contributed by atoms with Gasteiger partial charge < -0.3 is 31.4 Å². The van der Waals surface area contributed by atoms with Crippen molar-refractivity contribution in [1.82, 2.24) is 6.15 Å². The monoisotopic (exact) mass is 170 g/mol. The van der Waals surface area contributed by atoms with Gasteiger partial charge in [0.2, 0.25) is 0 Å². The quantitative estimate of drug-likeness (QED) is 0.300. The standard InChI is InChI=1S/C2H2O4.H3N.O.Ti/c3-1(4)2(5)6;;;/h(H,3,4)(H,5,6);1H3;;/q;;-2;+3/p-1. The number of carboxylic acids is 2. The normalized spacial score (nSPS) is 4.89. The van der Waals surface area contributed by atoms with Gasteiger partial charge in [-0.1, -0.05) is 0 Å². The smallest absolute Gasteiger partial charge is 2.00 e. The molecule has 0 rings (SSSR count). The Kier molecular flexibility index (Phi) is 27.5. The fourth-order valence-electron chi connectivity index (χ4n) is 0. The van der Waals surface area contributed by atoms with Crippen molar-refractivity contribution in [3.05, 3.63) is 0 Å². The van der Waals surface area contributed by atoms with E-state index in [1.165, 1.54) is 0 Å². The Bertz CT molecular complexity index is 81.0. The van der Waals surface area contributed by atoms with Crippen LogP contribution in [0.25, 0.3) is 0 Å². The van der Waals surface area contributed by atoms with Gasteiger partial charge >= 0.3 is 21.7 Å². The van der Waals surface area contributed by atoms with Crippen molar-refractivity contribution in [1.29, 1.82) is 0 Å². The molecule has 0 saturated heterocycles. The van der Waals surface area contributed by atoms with Crippen LogP contribution in [-0.2, 0) is 36.8 Å². The van der Waals surface area contributed by atoms with Crippen molar-refractivity contribution in [3.8, 4) is 0 Å². The summed E-state index contributed by atoms with van der Waals surface area (Å²) in [5.74, 6) is -4.37. The molecular formula is C2H4NO5Ti. The summed E-state index contributed by atoms with van der Waals surface area (Å²) < 4.78 is 0. The van der Waals surface area contributed by atoms with Crippen molar-refractivity contribution in [2.45, 2.75) is 0 Å². The summed E-state index contributed by atoms with van der Waals surface area (Å²) in [6.45, 7) is 0. The second-order valence-electron chi connectivity index (χ2n) is 0.575. The van der Waals surface area contributed by atoms with E-state index in [2.05, 4.69) is 0 Å². The molecule has 6 nitrogen and oxygen atoms in total. The molecule has 7 heteroatoms. The molecule has 9 heavy (non-hydrogen) atoms. The maximum Gasteiger partial charge on any atom is 3.00 e. The third-order valence-electron chi connectivity index (χ3n) is 0.167. The summed E-state index contributed by atoms with van der Waals surface area (Å²) >= 11 is 0. The van der Waals surface area contributed by atoms with Crippen LogP contribution in [-0.4, -0.2) is 11.9 Å². The van der Waals surface area contributed by atoms with E-state index in [1.54, 1.807) is 0 Å². The van der Waals surface area contributed by atoms with Crippen LogP contribution in [0.5, 0.6) is 0 Å². The second kappa shape index (κ2) is 10.5. The van der Waals surface area contributed by atoms with Gasteiger partial charge in [0.1, 0.15) is 0 Å². The summed E-state index contributed by atoms with van der Waals surface area (Å²) in [7, 11) is 0. The third kappa shape index (κ3) is 18.4. The predicted octanol–water partition coefficient (Wildman–Crippen LogP) is -3.26. The van der Waals surface area contributed by atoms with Crippen LogP contribution in [0.1, 0.15) is 0 Å². The van der Waals surface area contributed by atoms with E-state index < -0.39 is 11.9 Å². The zero-order valence-electron chi connectivity index (χ0n) is 4.54. The molecule has 1 radical (unpaired) electrons. The van der Waals surface area contributed by atoms with E-state index in [0.717, 1.165) is 0 Å². The first-order valence-corrected chi connectivity index (χ1v) is 1.07. The van der Waals surface area contributed by atoms with E-state index in [-0.39, 0.29) is 33.3 Å². The molecule has 0 aliphatic rings. The number of carboxylic acid groups (broad SMARTS) is 2. The number of hydrogen-bond acceptors (Lipinski definition) is 4. The fourth-order valence-corrected chi connectivity index (χ4v) is 0. The molecule has 0 amide bonds. The van der Waals surface area contributed by atoms with Gasteiger partial charge in [0.15, 0.2) is 0 Å². The van der Waals surface area contributed by atoms with Crippen LogP contribution in [0.15, 0.2) is 0 Å². The van der Waals surface area contributed by atoms with Crippen LogP contribution in [0.4, 0.5) is 0 Å². The average molecular weight is 170 g/mol. The number of carbonyl (C=O) groups is 2. The molecule has 0 aliphatic carbocycles. The van der Waals surface area contributed by atoms with Crippen LogP contribution < -0.4 is 16.4 Å². The average Bonchev–Trinajstić information content (AvgIpc) is 1.36. The molecule has 0 unspecified atom stereocenters. The fraction of sp³-hybridized carbons (Fsp3) is 0. The molecule has 0 atom stereocenters. The molecule has 0 heterocycles. The van der Waals surface area contributed by atoms with Crippen molar-refractivity contribution < 1.29 is 47.0 Å². The zero-order valence-corrected chi connectivity index (χ0v) is 6.10. The van der Waals surface area contributed by atoms with Crippen LogP contribution in [0.3, 0.4) is 0 Å². The largest absolute Gasteiger partial charge is 3.00 e. The van der Waals surface area contributed by atoms with Crippen LogP contribution in [0, 0.1) is 0 Å². The Hall–Kier alpha value is -0.426. The zero-order chi connectivity index (χ0) is 5.15. The van der Waals surface area contributed by atoms with Gasteiger partial charge in [-0.15, -0.1) is 0 Å². The Labute approximate surface area is 65.6 Å². The molecule has 0 aromatic rings. The van der Waals surface area contributed by atoms with Crippen molar-refractivity contribution in [3.63, 3.8) is 0 Å². The van der Waals surface area contributed by atoms with Gasteiger partial charge in [-0.05, 0) is 0 Å². The maximum atomic E-state index is 8.93. The van der Waals surface area contributed by atoms with Gasteiger partial charge in [-0.25, -0.2) is 0 Å². The van der Waals surface area contributed by atoms with Crippen molar-refractivity contribution in [2.75, 3.05) is 0 Å². The molecule has 0 fully saturated rings. The molecule has 4 N–H and O–H groups in total. The molecular weight excluding hydrogens is 166 g/mol. The van der Waals surface area contributed by atoms with E-state index in [1.807, 2.05) is 0 Å². The first kappa shape index (κ1) is 23.5.